The lowest BCUT2D eigenvalue weighted by molar-refractivity contribution is -0.133. The highest BCUT2D eigenvalue weighted by Gasteiger charge is 2.38. The van der Waals surface area contributed by atoms with E-state index in [0.717, 1.165) is 5.39 Å². The van der Waals surface area contributed by atoms with E-state index < -0.39 is 0 Å². The molecule has 4 heterocycles. The lowest BCUT2D eigenvalue weighted by atomic mass is 10.1. The number of hydrogen-bond donors (Lipinski definition) is 1. The number of amides is 1. The third-order valence-electron chi connectivity index (χ3n) is 4.64. The average Bonchev–Trinajstić information content (AvgIpc) is 2.77. The molecule has 2 aromatic rings. The second-order valence-electron chi connectivity index (χ2n) is 6.16. The Morgan fingerprint density at radius 1 is 1.26 bits per heavy atom. The molecule has 9 heteroatoms. The molecule has 23 heavy (non-hydrogen) atoms. The van der Waals surface area contributed by atoms with Crippen LogP contribution in [0, 0.1) is 5.92 Å². The summed E-state index contributed by atoms with van der Waals surface area (Å²) in [5.41, 5.74) is 6.75. The molecule has 0 aliphatic carbocycles. The van der Waals surface area contributed by atoms with Crippen molar-refractivity contribution < 1.29 is 9.53 Å². The van der Waals surface area contributed by atoms with Crippen LogP contribution in [-0.2, 0) is 16.6 Å². The standard InChI is InChI=1S/C14H19N7O2/c1-19-9-5-21(4-8(13(19)22)6-23-7-9)14-17-11(15)10-3-16-20(2)12(10)18-14/h3,8-9H,4-7H2,1-2H3,(H2,15,17,18)/t8-,9+/m1/s1. The van der Waals surface area contributed by atoms with Crippen molar-refractivity contribution in [1.82, 2.24) is 24.6 Å². The fourth-order valence-electron chi connectivity index (χ4n) is 3.24. The predicted octanol–water partition coefficient (Wildman–Crippen LogP) is -0.761. The van der Waals surface area contributed by atoms with Crippen LogP contribution < -0.4 is 10.6 Å². The smallest absolute Gasteiger partial charge is 0.229 e. The van der Waals surface area contributed by atoms with Gasteiger partial charge in [-0.05, 0) is 0 Å². The molecule has 9 nitrogen and oxygen atoms in total. The summed E-state index contributed by atoms with van der Waals surface area (Å²) in [4.78, 5) is 25.3. The Morgan fingerprint density at radius 3 is 2.91 bits per heavy atom. The summed E-state index contributed by atoms with van der Waals surface area (Å²) in [5.74, 6) is 0.853. The molecule has 2 aromatic heterocycles. The maximum atomic E-state index is 12.4. The maximum Gasteiger partial charge on any atom is 0.229 e. The van der Waals surface area contributed by atoms with Gasteiger partial charge in [0.15, 0.2) is 5.65 Å². The van der Waals surface area contributed by atoms with Gasteiger partial charge in [-0.3, -0.25) is 9.48 Å². The second-order valence-corrected chi connectivity index (χ2v) is 6.16. The van der Waals surface area contributed by atoms with Crippen LogP contribution in [-0.4, -0.2) is 69.9 Å². The lowest BCUT2D eigenvalue weighted by Crippen LogP contribution is -2.43. The molecular weight excluding hydrogens is 298 g/mol. The van der Waals surface area contributed by atoms with Gasteiger partial charge in [0.05, 0.1) is 36.8 Å². The summed E-state index contributed by atoms with van der Waals surface area (Å²) in [7, 11) is 3.65. The maximum absolute atomic E-state index is 12.4. The number of fused-ring (bicyclic) bond motifs is 4. The van der Waals surface area contributed by atoms with Gasteiger partial charge in [-0.15, -0.1) is 0 Å². The fraction of sp³-hybridized carbons (Fsp3) is 0.571. The van der Waals surface area contributed by atoms with Crippen LogP contribution in [0.2, 0.25) is 0 Å². The van der Waals surface area contributed by atoms with E-state index >= 15 is 0 Å². The van der Waals surface area contributed by atoms with Crippen molar-refractivity contribution in [1.29, 1.82) is 0 Å². The zero-order valence-electron chi connectivity index (χ0n) is 13.1. The second kappa shape index (κ2) is 5.05. The van der Waals surface area contributed by atoms with E-state index in [1.807, 2.05) is 19.0 Å². The van der Waals surface area contributed by atoms with Crippen LogP contribution in [0.5, 0.6) is 0 Å². The topological polar surface area (TPSA) is 102 Å². The number of aryl methyl sites for hydroxylation is 1. The summed E-state index contributed by atoms with van der Waals surface area (Å²) in [6.45, 7) is 2.11. The van der Waals surface area contributed by atoms with Crippen molar-refractivity contribution in [3.63, 3.8) is 0 Å². The van der Waals surface area contributed by atoms with Crippen molar-refractivity contribution in [2.75, 3.05) is 44.0 Å². The molecule has 2 bridgehead atoms. The van der Waals surface area contributed by atoms with E-state index in [9.17, 15) is 4.79 Å². The molecule has 0 spiro atoms. The number of carbonyl (C=O) groups is 1. The third kappa shape index (κ3) is 2.19. The fourth-order valence-corrected chi connectivity index (χ4v) is 3.24. The Hall–Kier alpha value is -2.42. The van der Waals surface area contributed by atoms with E-state index in [2.05, 4.69) is 15.1 Å². The van der Waals surface area contributed by atoms with Gasteiger partial charge in [0.1, 0.15) is 5.82 Å². The largest absolute Gasteiger partial charge is 0.383 e. The normalized spacial score (nSPS) is 25.0. The Labute approximate surface area is 133 Å². The number of anilines is 2. The first-order chi connectivity index (χ1) is 11.0. The molecule has 1 amide bonds. The number of carbonyl (C=O) groups excluding carboxylic acids is 1. The number of likely N-dealkylation sites (N-methyl/N-ethyl adjacent to an activating group) is 1. The highest BCUT2D eigenvalue weighted by Crippen LogP contribution is 2.25. The van der Waals surface area contributed by atoms with Crippen molar-refractivity contribution >= 4 is 28.7 Å². The number of aromatic nitrogens is 4. The van der Waals surface area contributed by atoms with E-state index in [0.29, 0.717) is 43.7 Å². The molecule has 2 fully saturated rings. The molecule has 122 valence electrons. The summed E-state index contributed by atoms with van der Waals surface area (Å²) in [6, 6.07) is -0.0120. The van der Waals surface area contributed by atoms with Crippen LogP contribution in [0.15, 0.2) is 6.20 Å². The summed E-state index contributed by atoms with van der Waals surface area (Å²) in [5, 5.41) is 4.91. The monoisotopic (exact) mass is 317 g/mol. The summed E-state index contributed by atoms with van der Waals surface area (Å²) in [6.07, 6.45) is 1.66. The van der Waals surface area contributed by atoms with Gasteiger partial charge in [-0.2, -0.15) is 15.1 Å². The molecule has 0 unspecified atom stereocenters. The number of ether oxygens (including phenoxy) is 1. The molecule has 0 radical (unpaired) electrons. The quantitative estimate of drug-likeness (QED) is 0.737. The van der Waals surface area contributed by atoms with Gasteiger partial charge in [0, 0.05) is 27.2 Å². The molecule has 4 rings (SSSR count). The molecule has 0 aromatic carbocycles. The summed E-state index contributed by atoms with van der Waals surface area (Å²) < 4.78 is 7.29. The van der Waals surface area contributed by atoms with E-state index in [1.54, 1.807) is 15.8 Å². The first-order valence-corrected chi connectivity index (χ1v) is 7.59. The van der Waals surface area contributed by atoms with Crippen molar-refractivity contribution in [3.05, 3.63) is 6.20 Å². The molecule has 2 aliphatic rings. The van der Waals surface area contributed by atoms with Gasteiger partial charge in [-0.25, -0.2) is 0 Å². The average molecular weight is 317 g/mol. The van der Waals surface area contributed by atoms with Crippen molar-refractivity contribution in [3.8, 4) is 0 Å². The number of rotatable bonds is 1. The first-order valence-electron chi connectivity index (χ1n) is 7.59. The zero-order valence-corrected chi connectivity index (χ0v) is 13.1. The molecule has 2 saturated heterocycles. The van der Waals surface area contributed by atoms with Gasteiger partial charge in [0.2, 0.25) is 11.9 Å². The molecular formula is C14H19N7O2. The predicted molar refractivity (Wildman–Crippen MR) is 83.8 cm³/mol. The van der Waals surface area contributed by atoms with Gasteiger partial charge < -0.3 is 20.3 Å². The molecule has 2 N–H and O–H groups in total. The minimum Gasteiger partial charge on any atom is -0.383 e. The van der Waals surface area contributed by atoms with Gasteiger partial charge in [0.25, 0.3) is 0 Å². The molecule has 2 atom stereocenters. The van der Waals surface area contributed by atoms with Crippen LogP contribution in [0.4, 0.5) is 11.8 Å². The van der Waals surface area contributed by atoms with Crippen LogP contribution in [0.25, 0.3) is 11.0 Å². The van der Waals surface area contributed by atoms with Crippen molar-refractivity contribution in [2.45, 2.75) is 6.04 Å². The summed E-state index contributed by atoms with van der Waals surface area (Å²) >= 11 is 0. The van der Waals surface area contributed by atoms with Crippen LogP contribution in [0.1, 0.15) is 0 Å². The SMILES string of the molecule is CN1C(=O)[C@H]2COC[C@@H]1CN(c1nc(N)c3cnn(C)c3n1)C2. The van der Waals surface area contributed by atoms with E-state index in [4.69, 9.17) is 10.5 Å². The number of nitrogen functional groups attached to an aromatic ring is 1. The van der Waals surface area contributed by atoms with E-state index in [-0.39, 0.29) is 17.9 Å². The van der Waals surface area contributed by atoms with Crippen LogP contribution >= 0.6 is 0 Å². The Kier molecular flexibility index (Phi) is 3.12. The first kappa shape index (κ1) is 14.2. The zero-order chi connectivity index (χ0) is 16.1. The molecule has 0 saturated carbocycles. The minimum absolute atomic E-state index is 0.0120. The van der Waals surface area contributed by atoms with Crippen LogP contribution in [0.3, 0.4) is 0 Å². The highest BCUT2D eigenvalue weighted by molar-refractivity contribution is 5.86. The lowest BCUT2D eigenvalue weighted by Gasteiger charge is -2.29. The number of hydrogen-bond acceptors (Lipinski definition) is 7. The van der Waals surface area contributed by atoms with Gasteiger partial charge in [-0.1, -0.05) is 0 Å². The Morgan fingerprint density at radius 2 is 2.09 bits per heavy atom. The van der Waals surface area contributed by atoms with E-state index in [1.165, 1.54) is 0 Å². The van der Waals surface area contributed by atoms with Crippen molar-refractivity contribution in [2.24, 2.45) is 13.0 Å². The number of nitrogens with two attached hydrogens (primary N) is 1. The van der Waals surface area contributed by atoms with Gasteiger partial charge >= 0.3 is 0 Å². The minimum atomic E-state index is -0.209. The molecule has 2 aliphatic heterocycles. The number of nitrogens with zero attached hydrogens (tertiary/aromatic N) is 6. The third-order valence-corrected chi connectivity index (χ3v) is 4.64. The Bertz CT molecular complexity index is 774. The Balaban J connectivity index is 1.76. The highest BCUT2D eigenvalue weighted by atomic mass is 16.5.